The first-order valence-corrected chi connectivity index (χ1v) is 11.0. The molecule has 0 atom stereocenters. The van der Waals surface area contributed by atoms with Crippen molar-refractivity contribution in [3.05, 3.63) is 65.7 Å². The standard InChI is InChI=1S/C23H32N2O.C2H6/c1-2-3-17-26-23-11-9-20(10-12-23)18-24-22-13-15-25(16-14-22)19-21-7-5-4-6-8-21;1-2/h4-12,22,24H,2-3,13-19H2,1H3;1-2H3. The summed E-state index contributed by atoms with van der Waals surface area (Å²) in [6.45, 7) is 11.4. The minimum atomic E-state index is 0.627. The smallest absolute Gasteiger partial charge is 0.119 e. The van der Waals surface area contributed by atoms with Gasteiger partial charge < -0.3 is 10.1 Å². The summed E-state index contributed by atoms with van der Waals surface area (Å²) < 4.78 is 5.73. The molecule has 0 bridgehead atoms. The number of piperidine rings is 1. The lowest BCUT2D eigenvalue weighted by Gasteiger charge is -2.32. The Morgan fingerprint density at radius 1 is 0.929 bits per heavy atom. The molecule has 0 radical (unpaired) electrons. The number of likely N-dealkylation sites (tertiary alicyclic amines) is 1. The molecule has 1 fully saturated rings. The van der Waals surface area contributed by atoms with Crippen LogP contribution in [-0.2, 0) is 13.1 Å². The Bertz CT molecular complexity index is 619. The summed E-state index contributed by atoms with van der Waals surface area (Å²) in [5, 5.41) is 3.73. The third-order valence-electron chi connectivity index (χ3n) is 5.12. The van der Waals surface area contributed by atoms with Gasteiger partial charge in [-0.05, 0) is 55.6 Å². The van der Waals surface area contributed by atoms with Crippen LogP contribution in [0.1, 0.15) is 57.6 Å². The van der Waals surface area contributed by atoms with E-state index >= 15 is 0 Å². The number of nitrogens with zero attached hydrogens (tertiary/aromatic N) is 1. The Kier molecular flexibility index (Phi) is 10.7. The summed E-state index contributed by atoms with van der Waals surface area (Å²) in [6.07, 6.45) is 4.74. The molecule has 3 heteroatoms. The van der Waals surface area contributed by atoms with Crippen molar-refractivity contribution in [1.29, 1.82) is 0 Å². The molecule has 0 aromatic heterocycles. The predicted molar refractivity (Wildman–Crippen MR) is 120 cm³/mol. The van der Waals surface area contributed by atoms with E-state index in [4.69, 9.17) is 4.74 Å². The molecule has 3 rings (SSSR count). The maximum atomic E-state index is 5.73. The highest BCUT2D eigenvalue weighted by Gasteiger charge is 2.18. The predicted octanol–water partition coefficient (Wildman–Crippen LogP) is 5.65. The largest absolute Gasteiger partial charge is 0.494 e. The first-order valence-electron chi connectivity index (χ1n) is 11.0. The Labute approximate surface area is 172 Å². The molecule has 28 heavy (non-hydrogen) atoms. The minimum Gasteiger partial charge on any atom is -0.494 e. The van der Waals surface area contributed by atoms with Crippen molar-refractivity contribution in [2.75, 3.05) is 19.7 Å². The van der Waals surface area contributed by atoms with Crippen LogP contribution in [0.15, 0.2) is 54.6 Å². The van der Waals surface area contributed by atoms with Gasteiger partial charge in [0.15, 0.2) is 0 Å². The molecule has 1 aliphatic heterocycles. The second kappa shape index (κ2) is 13.4. The van der Waals surface area contributed by atoms with E-state index in [0.717, 1.165) is 31.9 Å². The van der Waals surface area contributed by atoms with Crippen molar-refractivity contribution in [3.8, 4) is 5.75 Å². The zero-order chi connectivity index (χ0) is 20.0. The van der Waals surface area contributed by atoms with Crippen LogP contribution >= 0.6 is 0 Å². The molecule has 0 unspecified atom stereocenters. The number of unbranched alkanes of at least 4 members (excludes halogenated alkanes) is 1. The summed E-state index contributed by atoms with van der Waals surface area (Å²) in [7, 11) is 0. The van der Waals surface area contributed by atoms with Gasteiger partial charge in [0.1, 0.15) is 5.75 Å². The summed E-state index contributed by atoms with van der Waals surface area (Å²) in [5.74, 6) is 0.983. The zero-order valence-electron chi connectivity index (χ0n) is 18.0. The Morgan fingerprint density at radius 3 is 2.25 bits per heavy atom. The van der Waals surface area contributed by atoms with E-state index in [1.807, 2.05) is 13.8 Å². The van der Waals surface area contributed by atoms with Crippen molar-refractivity contribution in [1.82, 2.24) is 10.2 Å². The summed E-state index contributed by atoms with van der Waals surface area (Å²) in [4.78, 5) is 2.57. The van der Waals surface area contributed by atoms with Gasteiger partial charge in [-0.1, -0.05) is 69.7 Å². The van der Waals surface area contributed by atoms with Gasteiger partial charge in [-0.3, -0.25) is 4.90 Å². The van der Waals surface area contributed by atoms with Crippen LogP contribution in [0.5, 0.6) is 5.75 Å². The fraction of sp³-hybridized carbons (Fsp3) is 0.520. The fourth-order valence-electron chi connectivity index (χ4n) is 3.44. The molecule has 0 saturated carbocycles. The van der Waals surface area contributed by atoms with Gasteiger partial charge in [-0.25, -0.2) is 0 Å². The van der Waals surface area contributed by atoms with Gasteiger partial charge >= 0.3 is 0 Å². The van der Waals surface area contributed by atoms with E-state index in [1.165, 1.54) is 43.5 Å². The normalized spacial score (nSPS) is 15.0. The fourth-order valence-corrected chi connectivity index (χ4v) is 3.44. The first kappa shape index (κ1) is 22.4. The highest BCUT2D eigenvalue weighted by atomic mass is 16.5. The Hall–Kier alpha value is -1.84. The SMILES string of the molecule is CC.CCCCOc1ccc(CNC2CCN(Cc3ccccc3)CC2)cc1. The van der Waals surface area contributed by atoms with Crippen LogP contribution in [0, 0.1) is 0 Å². The minimum absolute atomic E-state index is 0.627. The van der Waals surface area contributed by atoms with Crippen LogP contribution in [0.2, 0.25) is 0 Å². The number of benzene rings is 2. The molecule has 1 saturated heterocycles. The van der Waals surface area contributed by atoms with E-state index in [-0.39, 0.29) is 0 Å². The highest BCUT2D eigenvalue weighted by molar-refractivity contribution is 5.27. The van der Waals surface area contributed by atoms with Gasteiger partial charge in [0.2, 0.25) is 0 Å². The maximum absolute atomic E-state index is 5.73. The van der Waals surface area contributed by atoms with Crippen molar-refractivity contribution >= 4 is 0 Å². The van der Waals surface area contributed by atoms with Gasteiger partial charge in [0, 0.05) is 19.1 Å². The first-order chi connectivity index (χ1) is 13.8. The second-order valence-electron chi connectivity index (χ2n) is 7.26. The van der Waals surface area contributed by atoms with Crippen molar-refractivity contribution in [3.63, 3.8) is 0 Å². The van der Waals surface area contributed by atoms with E-state index in [2.05, 4.69) is 71.7 Å². The molecule has 154 valence electrons. The van der Waals surface area contributed by atoms with Crippen LogP contribution < -0.4 is 10.1 Å². The van der Waals surface area contributed by atoms with E-state index in [0.29, 0.717) is 6.04 Å². The van der Waals surface area contributed by atoms with Crippen LogP contribution in [-0.4, -0.2) is 30.6 Å². The van der Waals surface area contributed by atoms with E-state index < -0.39 is 0 Å². The molecule has 0 spiro atoms. The molecular formula is C25H38N2O. The Balaban J connectivity index is 0.00000136. The van der Waals surface area contributed by atoms with Crippen LogP contribution in [0.3, 0.4) is 0 Å². The number of rotatable bonds is 9. The monoisotopic (exact) mass is 382 g/mol. The third-order valence-corrected chi connectivity index (χ3v) is 5.12. The summed E-state index contributed by atoms with van der Waals surface area (Å²) in [6, 6.07) is 20.0. The molecule has 1 N–H and O–H groups in total. The summed E-state index contributed by atoms with van der Waals surface area (Å²) in [5.41, 5.74) is 2.75. The lowest BCUT2D eigenvalue weighted by Crippen LogP contribution is -2.41. The van der Waals surface area contributed by atoms with E-state index in [9.17, 15) is 0 Å². The van der Waals surface area contributed by atoms with Crippen molar-refractivity contribution in [2.24, 2.45) is 0 Å². The topological polar surface area (TPSA) is 24.5 Å². The third kappa shape index (κ3) is 8.04. The van der Waals surface area contributed by atoms with Crippen molar-refractivity contribution < 1.29 is 4.74 Å². The molecule has 2 aromatic carbocycles. The number of nitrogens with one attached hydrogen (secondary N) is 1. The van der Waals surface area contributed by atoms with Crippen LogP contribution in [0.4, 0.5) is 0 Å². The molecule has 0 amide bonds. The van der Waals surface area contributed by atoms with Gasteiger partial charge in [-0.2, -0.15) is 0 Å². The molecule has 3 nitrogen and oxygen atoms in total. The summed E-state index contributed by atoms with van der Waals surface area (Å²) >= 11 is 0. The molecule has 2 aromatic rings. The lowest BCUT2D eigenvalue weighted by molar-refractivity contribution is 0.190. The Morgan fingerprint density at radius 2 is 1.61 bits per heavy atom. The van der Waals surface area contributed by atoms with Crippen molar-refractivity contribution in [2.45, 2.75) is 65.6 Å². The van der Waals surface area contributed by atoms with Gasteiger partial charge in [-0.15, -0.1) is 0 Å². The average molecular weight is 383 g/mol. The molecule has 1 heterocycles. The van der Waals surface area contributed by atoms with Gasteiger partial charge in [0.25, 0.3) is 0 Å². The number of hydrogen-bond donors (Lipinski definition) is 1. The number of ether oxygens (including phenoxy) is 1. The quantitative estimate of drug-likeness (QED) is 0.568. The lowest BCUT2D eigenvalue weighted by atomic mass is 10.0. The van der Waals surface area contributed by atoms with E-state index in [1.54, 1.807) is 0 Å². The average Bonchev–Trinajstić information content (AvgIpc) is 2.76. The highest BCUT2D eigenvalue weighted by Crippen LogP contribution is 2.16. The van der Waals surface area contributed by atoms with Crippen LogP contribution in [0.25, 0.3) is 0 Å². The van der Waals surface area contributed by atoms with Gasteiger partial charge in [0.05, 0.1) is 6.61 Å². The molecular weight excluding hydrogens is 344 g/mol. The number of hydrogen-bond acceptors (Lipinski definition) is 3. The molecule has 1 aliphatic rings. The molecule has 0 aliphatic carbocycles. The second-order valence-corrected chi connectivity index (χ2v) is 7.26. The maximum Gasteiger partial charge on any atom is 0.119 e. The zero-order valence-corrected chi connectivity index (χ0v) is 18.0.